The maximum Gasteiger partial charge on any atom is 0.334 e. The molecule has 4 aromatic rings. The van der Waals surface area contributed by atoms with Gasteiger partial charge in [-0.25, -0.2) is 9.78 Å². The van der Waals surface area contributed by atoms with Gasteiger partial charge >= 0.3 is 5.97 Å². The number of carboxylic acids is 1. The van der Waals surface area contributed by atoms with Crippen molar-refractivity contribution in [1.82, 2.24) is 19.7 Å². The van der Waals surface area contributed by atoms with E-state index in [1.54, 1.807) is 61.4 Å². The molecule has 202 valence electrons. The SMILES string of the molecule is COc1cc(C(=O)N2C(c3nccs3)OC(c3ccccc3)C2(Cn2cccn2)C(=O)O)ccc1C(C)(C)C. The number of aromatic nitrogens is 3. The lowest BCUT2D eigenvalue weighted by Gasteiger charge is -2.37. The largest absolute Gasteiger partial charge is 0.496 e. The van der Waals surface area contributed by atoms with Gasteiger partial charge in [-0.3, -0.25) is 14.4 Å². The lowest BCUT2D eigenvalue weighted by molar-refractivity contribution is -0.151. The minimum Gasteiger partial charge on any atom is -0.496 e. The number of benzene rings is 2. The van der Waals surface area contributed by atoms with Gasteiger partial charge in [0.1, 0.15) is 16.9 Å². The van der Waals surface area contributed by atoms with Gasteiger partial charge in [-0.1, -0.05) is 57.2 Å². The molecule has 3 heterocycles. The van der Waals surface area contributed by atoms with Crippen molar-refractivity contribution in [2.24, 2.45) is 0 Å². The highest BCUT2D eigenvalue weighted by molar-refractivity contribution is 7.09. The van der Waals surface area contributed by atoms with Crippen LogP contribution in [-0.2, 0) is 21.5 Å². The number of amides is 1. The number of thiazole rings is 1. The number of methoxy groups -OCH3 is 1. The maximum atomic E-state index is 14.5. The molecule has 5 rings (SSSR count). The summed E-state index contributed by atoms with van der Waals surface area (Å²) >= 11 is 1.30. The Bertz CT molecular complexity index is 1450. The van der Waals surface area contributed by atoms with Crippen LogP contribution in [0.5, 0.6) is 5.75 Å². The summed E-state index contributed by atoms with van der Waals surface area (Å²) in [7, 11) is 1.56. The van der Waals surface area contributed by atoms with Crippen molar-refractivity contribution in [3.8, 4) is 5.75 Å². The highest BCUT2D eigenvalue weighted by Crippen LogP contribution is 2.51. The van der Waals surface area contributed by atoms with Crippen molar-refractivity contribution in [3.63, 3.8) is 0 Å². The number of rotatable bonds is 7. The van der Waals surface area contributed by atoms with Crippen molar-refractivity contribution < 1.29 is 24.2 Å². The molecule has 10 heteroatoms. The van der Waals surface area contributed by atoms with E-state index in [0.29, 0.717) is 16.3 Å². The molecular weight excluding hydrogens is 516 g/mol. The molecule has 0 bridgehead atoms. The Morgan fingerprint density at radius 1 is 1.13 bits per heavy atom. The molecule has 2 aromatic heterocycles. The van der Waals surface area contributed by atoms with Gasteiger partial charge in [0.2, 0.25) is 0 Å². The molecule has 1 saturated heterocycles. The number of hydrogen-bond acceptors (Lipinski definition) is 7. The molecular formula is C29H30N4O5S. The van der Waals surface area contributed by atoms with E-state index >= 15 is 0 Å². The van der Waals surface area contributed by atoms with Crippen LogP contribution in [0.25, 0.3) is 0 Å². The summed E-state index contributed by atoms with van der Waals surface area (Å²) < 4.78 is 13.7. The molecule has 3 unspecified atom stereocenters. The van der Waals surface area contributed by atoms with Crippen molar-refractivity contribution in [3.05, 3.63) is 100 Å². The van der Waals surface area contributed by atoms with Crippen LogP contribution in [0.3, 0.4) is 0 Å². The average Bonchev–Trinajstić information content (AvgIpc) is 3.69. The normalized spacial score (nSPS) is 21.2. The summed E-state index contributed by atoms with van der Waals surface area (Å²) in [6, 6.07) is 16.0. The summed E-state index contributed by atoms with van der Waals surface area (Å²) in [6.45, 7) is 6.04. The molecule has 1 fully saturated rings. The topological polar surface area (TPSA) is 107 Å². The quantitative estimate of drug-likeness (QED) is 0.344. The van der Waals surface area contributed by atoms with Gasteiger partial charge in [0.25, 0.3) is 5.91 Å². The van der Waals surface area contributed by atoms with Crippen molar-refractivity contribution >= 4 is 23.2 Å². The lowest BCUT2D eigenvalue weighted by atomic mass is 9.84. The maximum absolute atomic E-state index is 14.5. The average molecular weight is 547 g/mol. The van der Waals surface area contributed by atoms with Gasteiger partial charge in [0.15, 0.2) is 11.8 Å². The molecule has 1 aliphatic heterocycles. The zero-order chi connectivity index (χ0) is 27.8. The second kappa shape index (κ2) is 10.3. The number of carbonyl (C=O) groups is 2. The standard InChI is InChI=1S/C29H30N4O5S/c1-28(2,3)21-12-11-20(17-22(21)37-4)25(34)33-26(24-30-14-16-39-24)38-23(19-9-6-5-7-10-19)29(33,27(35)36)18-32-15-8-13-31-32/h5-17,23,26H,18H2,1-4H3,(H,35,36). The highest BCUT2D eigenvalue weighted by atomic mass is 32.1. The second-order valence-corrected chi connectivity index (χ2v) is 11.3. The Kier molecular flexibility index (Phi) is 7.00. The molecule has 0 radical (unpaired) electrons. The van der Waals surface area contributed by atoms with E-state index in [9.17, 15) is 14.7 Å². The third kappa shape index (κ3) is 4.70. The summed E-state index contributed by atoms with van der Waals surface area (Å²) in [5.74, 6) is -1.17. The molecule has 0 aliphatic carbocycles. The van der Waals surface area contributed by atoms with Gasteiger partial charge in [-0.15, -0.1) is 11.3 Å². The van der Waals surface area contributed by atoms with Gasteiger partial charge in [-0.2, -0.15) is 5.10 Å². The molecule has 1 aliphatic rings. The second-order valence-electron chi connectivity index (χ2n) is 10.4. The predicted octanol–water partition coefficient (Wildman–Crippen LogP) is 5.08. The van der Waals surface area contributed by atoms with E-state index in [1.165, 1.54) is 20.9 Å². The number of carbonyl (C=O) groups excluding carboxylic acids is 1. The summed E-state index contributed by atoms with van der Waals surface area (Å²) in [6.07, 6.45) is 2.81. The first kappa shape index (κ1) is 26.6. The lowest BCUT2D eigenvalue weighted by Crippen LogP contribution is -2.59. The van der Waals surface area contributed by atoms with E-state index < -0.39 is 29.7 Å². The zero-order valence-electron chi connectivity index (χ0n) is 22.1. The van der Waals surface area contributed by atoms with Crippen LogP contribution in [-0.4, -0.2) is 49.3 Å². The molecule has 2 aromatic carbocycles. The van der Waals surface area contributed by atoms with E-state index in [4.69, 9.17) is 9.47 Å². The van der Waals surface area contributed by atoms with E-state index in [2.05, 4.69) is 30.9 Å². The molecule has 3 atom stereocenters. The van der Waals surface area contributed by atoms with Gasteiger partial charge < -0.3 is 14.6 Å². The number of hydrogen-bond donors (Lipinski definition) is 1. The summed E-state index contributed by atoms with van der Waals surface area (Å²) in [5.41, 5.74) is -0.235. The Balaban J connectivity index is 1.72. The minimum absolute atomic E-state index is 0.139. The van der Waals surface area contributed by atoms with Gasteiger partial charge in [0.05, 0.1) is 13.7 Å². The minimum atomic E-state index is -1.85. The first-order valence-electron chi connectivity index (χ1n) is 12.5. The van der Waals surface area contributed by atoms with Crippen LogP contribution < -0.4 is 4.74 Å². The molecule has 1 amide bonds. The Labute approximate surface area is 230 Å². The number of ether oxygens (including phenoxy) is 2. The van der Waals surface area contributed by atoms with Crippen LogP contribution in [0.4, 0.5) is 0 Å². The number of aliphatic carboxylic acids is 1. The summed E-state index contributed by atoms with van der Waals surface area (Å²) in [5, 5.41) is 17.5. The van der Waals surface area contributed by atoms with E-state index in [1.807, 2.05) is 24.3 Å². The smallest absolute Gasteiger partial charge is 0.334 e. The predicted molar refractivity (Wildman–Crippen MR) is 146 cm³/mol. The van der Waals surface area contributed by atoms with Crippen molar-refractivity contribution in [2.45, 2.75) is 50.6 Å². The van der Waals surface area contributed by atoms with Crippen LogP contribution >= 0.6 is 11.3 Å². The fraction of sp³-hybridized carbons (Fsp3) is 0.310. The highest BCUT2D eigenvalue weighted by Gasteiger charge is 2.63. The molecule has 9 nitrogen and oxygen atoms in total. The molecule has 1 N–H and O–H groups in total. The monoisotopic (exact) mass is 546 g/mol. The number of nitrogens with zero attached hydrogens (tertiary/aromatic N) is 4. The molecule has 0 saturated carbocycles. The van der Waals surface area contributed by atoms with Gasteiger partial charge in [0, 0.05) is 29.5 Å². The fourth-order valence-corrected chi connectivity index (χ4v) is 5.76. The first-order chi connectivity index (χ1) is 18.7. The third-order valence-corrected chi connectivity index (χ3v) is 7.74. The molecule has 39 heavy (non-hydrogen) atoms. The zero-order valence-corrected chi connectivity index (χ0v) is 23.0. The van der Waals surface area contributed by atoms with Crippen LogP contribution in [0.15, 0.2) is 78.6 Å². The fourth-order valence-electron chi connectivity index (χ4n) is 5.10. The van der Waals surface area contributed by atoms with Crippen molar-refractivity contribution in [2.75, 3.05) is 7.11 Å². The Morgan fingerprint density at radius 3 is 2.49 bits per heavy atom. The molecule has 0 spiro atoms. The van der Waals surface area contributed by atoms with Crippen LogP contribution in [0, 0.1) is 0 Å². The van der Waals surface area contributed by atoms with Crippen molar-refractivity contribution in [1.29, 1.82) is 0 Å². The van der Waals surface area contributed by atoms with Crippen LogP contribution in [0.1, 0.15) is 59.6 Å². The Hall–Kier alpha value is -4.02. The third-order valence-electron chi connectivity index (χ3n) is 6.94. The van der Waals surface area contributed by atoms with Crippen LogP contribution in [0.2, 0.25) is 0 Å². The van der Waals surface area contributed by atoms with Gasteiger partial charge in [-0.05, 0) is 34.7 Å². The Morgan fingerprint density at radius 2 is 1.90 bits per heavy atom. The summed E-state index contributed by atoms with van der Waals surface area (Å²) in [4.78, 5) is 33.7. The van der Waals surface area contributed by atoms with E-state index in [-0.39, 0.29) is 17.5 Å². The number of carboxylic acid groups (broad SMARTS) is 1. The van der Waals surface area contributed by atoms with E-state index in [0.717, 1.165) is 5.56 Å². The first-order valence-corrected chi connectivity index (χ1v) is 13.4.